The third-order valence-electron chi connectivity index (χ3n) is 6.48. The van der Waals surface area contributed by atoms with E-state index in [0.717, 1.165) is 47.2 Å². The first-order chi connectivity index (χ1) is 14.0. The second kappa shape index (κ2) is 7.54. The topological polar surface area (TPSA) is 63.4 Å². The van der Waals surface area contributed by atoms with Gasteiger partial charge < -0.3 is 4.90 Å². The van der Waals surface area contributed by atoms with Crippen LogP contribution in [0.1, 0.15) is 56.9 Å². The van der Waals surface area contributed by atoms with Crippen molar-refractivity contribution in [2.24, 2.45) is 5.92 Å². The van der Waals surface area contributed by atoms with E-state index in [0.29, 0.717) is 17.8 Å². The van der Waals surface area contributed by atoms with E-state index in [2.05, 4.69) is 35.9 Å². The summed E-state index contributed by atoms with van der Waals surface area (Å²) in [5.74, 6) is 1.33. The number of likely N-dealkylation sites (tertiary alicyclic amines) is 1. The van der Waals surface area contributed by atoms with Crippen molar-refractivity contribution >= 4 is 44.9 Å². The highest BCUT2D eigenvalue weighted by molar-refractivity contribution is 7.99. The Morgan fingerprint density at radius 1 is 1.21 bits per heavy atom. The van der Waals surface area contributed by atoms with Gasteiger partial charge in [0.2, 0.25) is 5.91 Å². The van der Waals surface area contributed by atoms with Gasteiger partial charge in [0, 0.05) is 17.0 Å². The van der Waals surface area contributed by atoms with Gasteiger partial charge in [-0.1, -0.05) is 18.7 Å². The molecule has 0 aromatic carbocycles. The first-order valence-electron chi connectivity index (χ1n) is 10.6. The summed E-state index contributed by atoms with van der Waals surface area (Å²) in [4.78, 5) is 22.2. The molecule has 0 N–H and O–H groups in total. The predicted octanol–water partition coefficient (Wildman–Crippen LogP) is 4.35. The number of hydrogen-bond donors (Lipinski definition) is 0. The smallest absolute Gasteiger partial charge is 0.233 e. The molecule has 2 aliphatic rings. The number of carbonyl (C=O) groups excluding carboxylic acids is 1. The van der Waals surface area contributed by atoms with Crippen molar-refractivity contribution in [3.05, 3.63) is 16.8 Å². The molecule has 0 spiro atoms. The zero-order chi connectivity index (χ0) is 20.1. The van der Waals surface area contributed by atoms with Crippen LogP contribution >= 0.6 is 23.1 Å². The number of thiophene rings is 1. The standard InChI is InChI=1S/C21H27N5OS2/c1-12-7-8-15-16(9-12)29-20-18(15)19-23-24-21(25(19)11-22-20)28-10-17(27)26-13(2)5-4-6-14(26)3/h11-14H,4-10H2,1-3H3/t12-,13+,14+/m1/s1. The van der Waals surface area contributed by atoms with Crippen LogP contribution in [0, 0.1) is 5.92 Å². The zero-order valence-corrected chi connectivity index (χ0v) is 18.9. The summed E-state index contributed by atoms with van der Waals surface area (Å²) in [5, 5.41) is 10.8. The summed E-state index contributed by atoms with van der Waals surface area (Å²) in [6, 6.07) is 0.644. The number of carbonyl (C=O) groups is 1. The summed E-state index contributed by atoms with van der Waals surface area (Å²) in [5.41, 5.74) is 2.30. The van der Waals surface area contributed by atoms with Crippen LogP contribution in [0.5, 0.6) is 0 Å². The van der Waals surface area contributed by atoms with Gasteiger partial charge in [0.05, 0.1) is 11.1 Å². The first kappa shape index (κ1) is 19.3. The Kier molecular flexibility index (Phi) is 5.02. The van der Waals surface area contributed by atoms with Gasteiger partial charge in [0.1, 0.15) is 11.2 Å². The molecule has 4 heterocycles. The van der Waals surface area contributed by atoms with Crippen molar-refractivity contribution in [1.29, 1.82) is 0 Å². The van der Waals surface area contributed by atoms with E-state index in [-0.39, 0.29) is 5.91 Å². The molecule has 1 fully saturated rings. The van der Waals surface area contributed by atoms with E-state index >= 15 is 0 Å². The Balaban J connectivity index is 1.41. The molecule has 0 bridgehead atoms. The normalized spacial score (nSPS) is 24.9. The summed E-state index contributed by atoms with van der Waals surface area (Å²) < 4.78 is 1.97. The summed E-state index contributed by atoms with van der Waals surface area (Å²) >= 11 is 3.28. The Hall–Kier alpha value is -1.67. The van der Waals surface area contributed by atoms with Crippen molar-refractivity contribution in [2.75, 3.05) is 5.75 Å². The SMILES string of the molecule is C[C@@H]1CCc2c(sc3ncn4c(SCC(=O)N5[C@@H](C)CCC[C@@H]5C)nnc4c23)C1. The number of aromatic nitrogens is 4. The summed E-state index contributed by atoms with van der Waals surface area (Å²) in [7, 11) is 0. The number of hydrogen-bond acceptors (Lipinski definition) is 6. The third kappa shape index (κ3) is 3.34. The molecule has 0 unspecified atom stereocenters. The van der Waals surface area contributed by atoms with Gasteiger partial charge in [-0.3, -0.25) is 9.20 Å². The molecule has 1 saturated heterocycles. The lowest BCUT2D eigenvalue weighted by Crippen LogP contribution is -2.48. The number of thioether (sulfide) groups is 1. The molecule has 3 aromatic heterocycles. The molecule has 6 nitrogen and oxygen atoms in total. The maximum absolute atomic E-state index is 12.9. The lowest BCUT2D eigenvalue weighted by Gasteiger charge is -2.39. The lowest BCUT2D eigenvalue weighted by molar-refractivity contribution is -0.134. The summed E-state index contributed by atoms with van der Waals surface area (Å²) in [6.45, 7) is 6.64. The maximum atomic E-state index is 12.9. The fraction of sp³-hybridized carbons (Fsp3) is 0.619. The second-order valence-electron chi connectivity index (χ2n) is 8.67. The van der Waals surface area contributed by atoms with Gasteiger partial charge in [0.25, 0.3) is 0 Å². The number of fused-ring (bicyclic) bond motifs is 5. The highest BCUT2D eigenvalue weighted by atomic mass is 32.2. The van der Waals surface area contributed by atoms with Crippen LogP contribution in [0.4, 0.5) is 0 Å². The van der Waals surface area contributed by atoms with Crippen LogP contribution in [0.3, 0.4) is 0 Å². The van der Waals surface area contributed by atoms with E-state index in [1.54, 1.807) is 11.3 Å². The molecule has 1 amide bonds. The molecule has 8 heteroatoms. The van der Waals surface area contributed by atoms with E-state index in [4.69, 9.17) is 4.98 Å². The van der Waals surface area contributed by atoms with Gasteiger partial charge in [-0.2, -0.15) is 0 Å². The number of piperidine rings is 1. The predicted molar refractivity (Wildman–Crippen MR) is 118 cm³/mol. The Bertz CT molecular complexity index is 1060. The third-order valence-corrected chi connectivity index (χ3v) is 8.57. The average molecular weight is 430 g/mol. The molecular formula is C21H27N5OS2. The Morgan fingerprint density at radius 3 is 2.79 bits per heavy atom. The number of amides is 1. The molecule has 0 saturated carbocycles. The van der Waals surface area contributed by atoms with E-state index in [1.165, 1.54) is 40.4 Å². The highest BCUT2D eigenvalue weighted by Gasteiger charge is 2.29. The minimum absolute atomic E-state index is 0.197. The van der Waals surface area contributed by atoms with Gasteiger partial charge in [-0.15, -0.1) is 21.5 Å². The Morgan fingerprint density at radius 2 is 2.00 bits per heavy atom. The van der Waals surface area contributed by atoms with Crippen molar-refractivity contribution in [2.45, 2.75) is 76.5 Å². The monoisotopic (exact) mass is 429 g/mol. The van der Waals surface area contributed by atoms with Gasteiger partial charge in [-0.25, -0.2) is 4.98 Å². The average Bonchev–Trinajstić information content (AvgIpc) is 3.26. The molecule has 1 aliphatic carbocycles. The van der Waals surface area contributed by atoms with Crippen LogP contribution in [-0.4, -0.2) is 48.2 Å². The van der Waals surface area contributed by atoms with Crippen LogP contribution in [0.2, 0.25) is 0 Å². The largest absolute Gasteiger partial charge is 0.337 e. The molecular weight excluding hydrogens is 402 g/mol. The lowest BCUT2D eigenvalue weighted by atomic mass is 9.89. The highest BCUT2D eigenvalue weighted by Crippen LogP contribution is 2.39. The summed E-state index contributed by atoms with van der Waals surface area (Å²) in [6.07, 6.45) is 8.67. The van der Waals surface area contributed by atoms with Crippen LogP contribution in [-0.2, 0) is 17.6 Å². The van der Waals surface area contributed by atoms with E-state index < -0.39 is 0 Å². The fourth-order valence-electron chi connectivity index (χ4n) is 4.93. The number of nitrogens with zero attached hydrogens (tertiary/aromatic N) is 5. The minimum atomic E-state index is 0.197. The van der Waals surface area contributed by atoms with Crippen molar-refractivity contribution in [3.8, 4) is 0 Å². The molecule has 154 valence electrons. The molecule has 3 atom stereocenters. The van der Waals surface area contributed by atoms with Gasteiger partial charge >= 0.3 is 0 Å². The number of rotatable bonds is 3. The quantitative estimate of drug-likeness (QED) is 0.579. The second-order valence-corrected chi connectivity index (χ2v) is 10.7. The minimum Gasteiger partial charge on any atom is -0.337 e. The molecule has 0 radical (unpaired) electrons. The first-order valence-corrected chi connectivity index (χ1v) is 12.4. The van der Waals surface area contributed by atoms with Gasteiger partial charge in [-0.05, 0) is 63.9 Å². The van der Waals surface area contributed by atoms with E-state index in [9.17, 15) is 4.79 Å². The molecule has 29 heavy (non-hydrogen) atoms. The molecule has 3 aromatic rings. The molecule has 5 rings (SSSR count). The molecule has 1 aliphatic heterocycles. The van der Waals surface area contributed by atoms with Crippen LogP contribution < -0.4 is 0 Å². The van der Waals surface area contributed by atoms with Gasteiger partial charge in [0.15, 0.2) is 10.8 Å². The van der Waals surface area contributed by atoms with Crippen LogP contribution in [0.25, 0.3) is 15.9 Å². The number of aryl methyl sites for hydroxylation is 1. The maximum Gasteiger partial charge on any atom is 0.233 e. The van der Waals surface area contributed by atoms with Crippen molar-refractivity contribution in [3.63, 3.8) is 0 Å². The van der Waals surface area contributed by atoms with Crippen molar-refractivity contribution in [1.82, 2.24) is 24.5 Å². The Labute approximate surface area is 179 Å². The van der Waals surface area contributed by atoms with E-state index in [1.807, 2.05) is 10.7 Å². The van der Waals surface area contributed by atoms with Crippen molar-refractivity contribution < 1.29 is 4.79 Å². The van der Waals surface area contributed by atoms with Crippen LogP contribution in [0.15, 0.2) is 11.5 Å². The zero-order valence-electron chi connectivity index (χ0n) is 17.2. The fourth-order valence-corrected chi connectivity index (χ4v) is 7.05.